The Hall–Kier alpha value is -1.87. The molecule has 0 aliphatic rings. The van der Waals surface area contributed by atoms with Gasteiger partial charge in [0.1, 0.15) is 17.9 Å². The van der Waals surface area contributed by atoms with Gasteiger partial charge in [0.25, 0.3) is 0 Å². The number of rotatable bonds is 2. The number of fused-ring (bicyclic) bond motifs is 1. The predicted molar refractivity (Wildman–Crippen MR) is 71.0 cm³/mol. The van der Waals surface area contributed by atoms with E-state index in [9.17, 15) is 0 Å². The van der Waals surface area contributed by atoms with Gasteiger partial charge >= 0.3 is 0 Å². The third-order valence-electron chi connectivity index (χ3n) is 2.57. The maximum absolute atomic E-state index is 5.11. The molecule has 0 saturated heterocycles. The van der Waals surface area contributed by atoms with Crippen molar-refractivity contribution in [1.29, 1.82) is 0 Å². The lowest BCUT2D eigenvalue weighted by Gasteiger charge is -2.03. The summed E-state index contributed by atoms with van der Waals surface area (Å²) in [5, 5.41) is 0.963. The van der Waals surface area contributed by atoms with Gasteiger partial charge in [-0.05, 0) is 24.3 Å². The zero-order chi connectivity index (χ0) is 11.7. The maximum atomic E-state index is 5.11. The Balaban J connectivity index is 2.20. The fraction of sp³-hybridized carbons (Fsp3) is 0. The second kappa shape index (κ2) is 4.18. The first kappa shape index (κ1) is 10.3. The van der Waals surface area contributed by atoms with Crippen LogP contribution in [0, 0.1) is 7.11 Å². The molecule has 0 unspecified atom stereocenters. The number of nitrogens with zero attached hydrogens (tertiary/aromatic N) is 1. The normalized spacial score (nSPS) is 10.6. The average molecular weight is 240 g/mol. The highest BCUT2D eigenvalue weighted by Crippen LogP contribution is 2.35. The first-order valence-corrected chi connectivity index (χ1v) is 6.07. The minimum absolute atomic E-state index is 0.756. The molecule has 0 saturated carbocycles. The van der Waals surface area contributed by atoms with E-state index in [0.29, 0.717) is 0 Å². The van der Waals surface area contributed by atoms with E-state index in [0.717, 1.165) is 21.8 Å². The molecule has 1 aromatic heterocycles. The van der Waals surface area contributed by atoms with Crippen molar-refractivity contribution in [3.05, 3.63) is 55.6 Å². The van der Waals surface area contributed by atoms with Crippen LogP contribution in [0.3, 0.4) is 0 Å². The summed E-state index contributed by atoms with van der Waals surface area (Å²) in [6, 6.07) is 15.9. The lowest BCUT2D eigenvalue weighted by Crippen LogP contribution is -1.84. The molecule has 3 rings (SSSR count). The monoisotopic (exact) mass is 240 g/mol. The summed E-state index contributed by atoms with van der Waals surface area (Å²) in [4.78, 5) is 4.60. The van der Waals surface area contributed by atoms with Gasteiger partial charge in [-0.1, -0.05) is 24.3 Å². The fourth-order valence-corrected chi connectivity index (χ4v) is 2.75. The van der Waals surface area contributed by atoms with Gasteiger partial charge in [-0.3, -0.25) is 0 Å². The Morgan fingerprint density at radius 3 is 2.59 bits per heavy atom. The zero-order valence-electron chi connectivity index (χ0n) is 9.09. The largest absolute Gasteiger partial charge is 0.489 e. The molecule has 3 aromatic rings. The van der Waals surface area contributed by atoms with Gasteiger partial charge in [0.05, 0.1) is 15.8 Å². The highest BCUT2D eigenvalue weighted by atomic mass is 32.1. The van der Waals surface area contributed by atoms with Crippen LogP contribution in [-0.2, 0) is 0 Å². The highest BCUT2D eigenvalue weighted by molar-refractivity contribution is 7.21. The average Bonchev–Trinajstić information content (AvgIpc) is 2.82. The van der Waals surface area contributed by atoms with Gasteiger partial charge < -0.3 is 4.74 Å². The molecular formula is C14H10NOS. The Morgan fingerprint density at radius 1 is 1.00 bits per heavy atom. The van der Waals surface area contributed by atoms with Crippen molar-refractivity contribution >= 4 is 21.6 Å². The summed E-state index contributed by atoms with van der Waals surface area (Å²) in [7, 11) is 3.47. The first-order chi connectivity index (χ1) is 8.38. The lowest BCUT2D eigenvalue weighted by molar-refractivity contribution is 0.475. The molecule has 0 aliphatic carbocycles. The third kappa shape index (κ3) is 1.78. The van der Waals surface area contributed by atoms with Gasteiger partial charge in [-0.2, -0.15) is 0 Å². The van der Waals surface area contributed by atoms with Gasteiger partial charge in [0.2, 0.25) is 0 Å². The number of thiazole rings is 1. The molecule has 0 bridgehead atoms. The third-order valence-corrected chi connectivity index (χ3v) is 3.64. The minimum atomic E-state index is 0.756. The number of hydrogen-bond acceptors (Lipinski definition) is 3. The molecular weight excluding hydrogens is 230 g/mol. The molecule has 0 amide bonds. The number of ether oxygens (including phenoxy) is 1. The fourth-order valence-electron chi connectivity index (χ4n) is 1.76. The van der Waals surface area contributed by atoms with Crippen molar-refractivity contribution in [2.24, 2.45) is 0 Å². The smallest absolute Gasteiger partial charge is 0.129 e. The number of para-hydroxylation sites is 2. The topological polar surface area (TPSA) is 22.1 Å². The van der Waals surface area contributed by atoms with Gasteiger partial charge in [0, 0.05) is 0 Å². The van der Waals surface area contributed by atoms with E-state index in [4.69, 9.17) is 4.74 Å². The minimum Gasteiger partial charge on any atom is -0.489 e. The second-order valence-electron chi connectivity index (χ2n) is 3.63. The molecule has 17 heavy (non-hydrogen) atoms. The molecule has 0 aliphatic heterocycles. The SMILES string of the molecule is [CH2]Oc1ccccc1-c1nc2ccccc2s1. The Labute approximate surface area is 104 Å². The molecule has 3 heteroatoms. The summed E-state index contributed by atoms with van der Waals surface area (Å²) in [5.41, 5.74) is 2.01. The van der Waals surface area contributed by atoms with Crippen LogP contribution in [0.15, 0.2) is 48.5 Å². The van der Waals surface area contributed by atoms with E-state index in [1.54, 1.807) is 11.3 Å². The summed E-state index contributed by atoms with van der Waals surface area (Å²) in [6.07, 6.45) is 0. The lowest BCUT2D eigenvalue weighted by atomic mass is 10.2. The standard InChI is InChI=1S/C14H10NOS/c1-16-12-8-4-2-6-10(12)14-15-11-7-3-5-9-13(11)17-14/h2-9H,1H2. The van der Waals surface area contributed by atoms with Crippen molar-refractivity contribution in [2.75, 3.05) is 0 Å². The van der Waals surface area contributed by atoms with Gasteiger partial charge in [0.15, 0.2) is 0 Å². The quantitative estimate of drug-likeness (QED) is 0.671. The summed E-state index contributed by atoms with van der Waals surface area (Å²) in [6.45, 7) is 0. The van der Waals surface area contributed by atoms with Crippen molar-refractivity contribution in [3.63, 3.8) is 0 Å². The summed E-state index contributed by atoms with van der Waals surface area (Å²) < 4.78 is 6.29. The van der Waals surface area contributed by atoms with E-state index in [1.807, 2.05) is 42.5 Å². The number of hydrogen-bond donors (Lipinski definition) is 0. The van der Waals surface area contributed by atoms with Gasteiger partial charge in [-0.15, -0.1) is 11.3 Å². The van der Waals surface area contributed by atoms with Crippen molar-refractivity contribution in [3.8, 4) is 16.3 Å². The van der Waals surface area contributed by atoms with Crippen LogP contribution >= 0.6 is 11.3 Å². The van der Waals surface area contributed by atoms with Crippen LogP contribution in [0.1, 0.15) is 0 Å². The highest BCUT2D eigenvalue weighted by Gasteiger charge is 2.09. The van der Waals surface area contributed by atoms with E-state index in [1.165, 1.54) is 4.70 Å². The molecule has 2 aromatic carbocycles. The maximum Gasteiger partial charge on any atom is 0.129 e. The molecule has 83 valence electrons. The Bertz CT molecular complexity index is 627. The van der Waals surface area contributed by atoms with Crippen molar-refractivity contribution < 1.29 is 4.74 Å². The Kier molecular flexibility index (Phi) is 2.53. The van der Waals surface area contributed by atoms with E-state index in [2.05, 4.69) is 18.2 Å². The van der Waals surface area contributed by atoms with Crippen LogP contribution in [0.25, 0.3) is 20.8 Å². The number of aromatic nitrogens is 1. The van der Waals surface area contributed by atoms with Crippen molar-refractivity contribution in [1.82, 2.24) is 4.98 Å². The molecule has 0 fully saturated rings. The number of benzene rings is 2. The Morgan fingerprint density at radius 2 is 1.76 bits per heavy atom. The molecule has 1 heterocycles. The van der Waals surface area contributed by atoms with Crippen LogP contribution < -0.4 is 4.74 Å². The molecule has 1 radical (unpaired) electrons. The van der Waals surface area contributed by atoms with E-state index in [-0.39, 0.29) is 0 Å². The van der Waals surface area contributed by atoms with Crippen LogP contribution in [0.5, 0.6) is 5.75 Å². The summed E-state index contributed by atoms with van der Waals surface area (Å²) >= 11 is 1.66. The van der Waals surface area contributed by atoms with E-state index < -0.39 is 0 Å². The molecule has 0 N–H and O–H groups in total. The first-order valence-electron chi connectivity index (χ1n) is 5.25. The zero-order valence-corrected chi connectivity index (χ0v) is 9.91. The van der Waals surface area contributed by atoms with Gasteiger partial charge in [-0.25, -0.2) is 4.98 Å². The van der Waals surface area contributed by atoms with E-state index >= 15 is 0 Å². The predicted octanol–water partition coefficient (Wildman–Crippen LogP) is 4.13. The molecule has 0 spiro atoms. The molecule has 2 nitrogen and oxygen atoms in total. The molecule has 0 atom stereocenters. The second-order valence-corrected chi connectivity index (χ2v) is 4.66. The van der Waals surface area contributed by atoms with Crippen LogP contribution in [0.4, 0.5) is 0 Å². The van der Waals surface area contributed by atoms with Crippen molar-refractivity contribution in [2.45, 2.75) is 0 Å². The van der Waals surface area contributed by atoms with Crippen LogP contribution in [0.2, 0.25) is 0 Å². The summed E-state index contributed by atoms with van der Waals surface area (Å²) in [5.74, 6) is 0.756. The van der Waals surface area contributed by atoms with Crippen LogP contribution in [-0.4, -0.2) is 4.98 Å².